The van der Waals surface area contributed by atoms with Gasteiger partial charge in [0, 0.05) is 17.6 Å². The fourth-order valence-corrected chi connectivity index (χ4v) is 1.60. The van der Waals surface area contributed by atoms with Gasteiger partial charge in [0.2, 0.25) is 5.69 Å². The molecule has 0 amide bonds. The second kappa shape index (κ2) is 3.85. The second-order valence-electron chi connectivity index (χ2n) is 3.71. The zero-order valence-electron chi connectivity index (χ0n) is 12.3. The first-order valence-corrected chi connectivity index (χ1v) is 4.97. The first-order valence-electron chi connectivity index (χ1n) is 6.47. The lowest BCUT2D eigenvalue weighted by Gasteiger charge is -2.04. The molecule has 0 atom stereocenters. The van der Waals surface area contributed by atoms with E-state index in [1.54, 1.807) is 18.5 Å². The van der Waals surface area contributed by atoms with Crippen LogP contribution >= 0.6 is 0 Å². The van der Waals surface area contributed by atoms with E-state index in [9.17, 15) is 0 Å². The van der Waals surface area contributed by atoms with Gasteiger partial charge in [-0.2, -0.15) is 0 Å². The maximum absolute atomic E-state index is 8.18. The lowest BCUT2D eigenvalue weighted by molar-refractivity contribution is -0.660. The number of pyridine rings is 1. The van der Waals surface area contributed by atoms with Crippen LogP contribution in [0.1, 0.15) is 15.2 Å². The Morgan fingerprint density at radius 2 is 1.93 bits per heavy atom. The Bertz CT molecular complexity index is 592. The number of benzene rings is 1. The third-order valence-corrected chi connectivity index (χ3v) is 2.45. The van der Waals surface area contributed by atoms with Crippen molar-refractivity contribution in [3.05, 3.63) is 53.7 Å². The summed E-state index contributed by atoms with van der Waals surface area (Å²) in [5.74, 6) is 0. The zero-order chi connectivity index (χ0) is 13.4. The SMILES string of the molecule is [2H]c1c(C)c([2H])c(-c2ccccc2C)[n+](C)c1[2H]. The van der Waals surface area contributed by atoms with E-state index in [4.69, 9.17) is 4.11 Å². The minimum Gasteiger partial charge on any atom is -0.201 e. The zero-order valence-corrected chi connectivity index (χ0v) is 9.26. The third kappa shape index (κ3) is 1.91. The summed E-state index contributed by atoms with van der Waals surface area (Å²) in [6.45, 7) is 3.72. The van der Waals surface area contributed by atoms with Crippen molar-refractivity contribution in [2.24, 2.45) is 7.05 Å². The number of hydrogen-bond acceptors (Lipinski definition) is 0. The van der Waals surface area contributed by atoms with E-state index in [1.807, 2.05) is 31.2 Å². The Balaban J connectivity index is 2.85. The Hall–Kier alpha value is -1.63. The lowest BCUT2D eigenvalue weighted by Crippen LogP contribution is -2.30. The van der Waals surface area contributed by atoms with E-state index in [0.29, 0.717) is 17.3 Å². The minimum atomic E-state index is 0.125. The number of aromatic nitrogens is 1. The van der Waals surface area contributed by atoms with Crippen molar-refractivity contribution in [1.82, 2.24) is 0 Å². The van der Waals surface area contributed by atoms with Gasteiger partial charge in [0.1, 0.15) is 8.42 Å². The van der Waals surface area contributed by atoms with E-state index in [0.717, 1.165) is 11.1 Å². The lowest BCUT2D eigenvalue weighted by atomic mass is 10.0. The first kappa shape index (κ1) is 6.78. The number of nitrogens with zero attached hydrogens (tertiary/aromatic N) is 1. The molecule has 0 bridgehead atoms. The van der Waals surface area contributed by atoms with Gasteiger partial charge in [-0.1, -0.05) is 18.2 Å². The van der Waals surface area contributed by atoms with Crippen LogP contribution in [0.3, 0.4) is 0 Å². The fourth-order valence-electron chi connectivity index (χ4n) is 1.60. The molecule has 0 radical (unpaired) electrons. The van der Waals surface area contributed by atoms with Crippen LogP contribution in [0.2, 0.25) is 0 Å². The van der Waals surface area contributed by atoms with Gasteiger partial charge in [0.05, 0.1) is 2.74 Å². The molecule has 0 saturated heterocycles. The molecule has 0 saturated carbocycles. The van der Waals surface area contributed by atoms with Gasteiger partial charge in [0.15, 0.2) is 6.17 Å². The molecular weight excluding hydrogens is 182 g/mol. The summed E-state index contributed by atoms with van der Waals surface area (Å²) in [5.41, 5.74) is 3.27. The van der Waals surface area contributed by atoms with Gasteiger partial charge in [0.25, 0.3) is 0 Å². The van der Waals surface area contributed by atoms with Crippen molar-refractivity contribution in [3.8, 4) is 11.3 Å². The highest BCUT2D eigenvalue weighted by atomic mass is 14.9. The van der Waals surface area contributed by atoms with Crippen molar-refractivity contribution >= 4 is 0 Å². The first-order chi connectivity index (χ1) is 8.45. The Morgan fingerprint density at radius 3 is 2.67 bits per heavy atom. The second-order valence-corrected chi connectivity index (χ2v) is 3.71. The summed E-state index contributed by atoms with van der Waals surface area (Å²) < 4.78 is 25.5. The molecule has 0 unspecified atom stereocenters. The van der Waals surface area contributed by atoms with E-state index in [1.165, 1.54) is 0 Å². The predicted octanol–water partition coefficient (Wildman–Crippen LogP) is 2.79. The number of rotatable bonds is 1. The van der Waals surface area contributed by atoms with Crippen LogP contribution < -0.4 is 4.57 Å². The van der Waals surface area contributed by atoms with Crippen molar-refractivity contribution in [2.45, 2.75) is 13.8 Å². The molecule has 0 N–H and O–H groups in total. The van der Waals surface area contributed by atoms with E-state index in [-0.39, 0.29) is 12.2 Å². The molecule has 0 fully saturated rings. The molecule has 1 aromatic carbocycles. The molecule has 15 heavy (non-hydrogen) atoms. The van der Waals surface area contributed by atoms with Crippen LogP contribution in [0.25, 0.3) is 11.3 Å². The van der Waals surface area contributed by atoms with Crippen LogP contribution in [-0.2, 0) is 7.05 Å². The van der Waals surface area contributed by atoms with Crippen LogP contribution in [0, 0.1) is 13.8 Å². The minimum absolute atomic E-state index is 0.125. The standard InChI is InChI=1S/C14H16N/c1-11-8-9-15(3)14(10-11)13-7-5-4-6-12(13)2/h4-10H,1-3H3/q+1/i8D,9D,10D. The van der Waals surface area contributed by atoms with Gasteiger partial charge >= 0.3 is 0 Å². The van der Waals surface area contributed by atoms with Crippen LogP contribution in [-0.4, -0.2) is 0 Å². The molecule has 0 aliphatic rings. The summed E-state index contributed by atoms with van der Waals surface area (Å²) in [6, 6.07) is 8.27. The van der Waals surface area contributed by atoms with Crippen LogP contribution in [0.4, 0.5) is 0 Å². The Morgan fingerprint density at radius 1 is 1.20 bits per heavy atom. The number of aryl methyl sites for hydroxylation is 1. The molecule has 0 spiro atoms. The van der Waals surface area contributed by atoms with Crippen molar-refractivity contribution < 1.29 is 8.68 Å². The summed E-state index contributed by atoms with van der Waals surface area (Å²) >= 11 is 0. The van der Waals surface area contributed by atoms with Gasteiger partial charge in [-0.25, -0.2) is 4.57 Å². The van der Waals surface area contributed by atoms with Gasteiger partial charge in [-0.05, 0) is 31.0 Å². The monoisotopic (exact) mass is 201 g/mol. The van der Waals surface area contributed by atoms with Crippen LogP contribution in [0.5, 0.6) is 0 Å². The molecule has 2 aromatic rings. The smallest absolute Gasteiger partial charge is 0.201 e. The van der Waals surface area contributed by atoms with Gasteiger partial charge < -0.3 is 0 Å². The quantitative estimate of drug-likeness (QED) is 0.625. The van der Waals surface area contributed by atoms with Crippen molar-refractivity contribution in [3.63, 3.8) is 0 Å². The molecule has 1 heterocycles. The topological polar surface area (TPSA) is 3.88 Å². The van der Waals surface area contributed by atoms with Crippen molar-refractivity contribution in [1.29, 1.82) is 0 Å². The molecule has 1 heteroatoms. The third-order valence-electron chi connectivity index (χ3n) is 2.45. The molecule has 2 rings (SSSR count). The van der Waals surface area contributed by atoms with Gasteiger partial charge in [-0.15, -0.1) is 0 Å². The van der Waals surface area contributed by atoms with E-state index >= 15 is 0 Å². The molecule has 1 aromatic heterocycles. The summed E-state index contributed by atoms with van der Waals surface area (Å²) in [7, 11) is 1.74. The van der Waals surface area contributed by atoms with E-state index in [2.05, 4.69) is 0 Å². The van der Waals surface area contributed by atoms with Crippen LogP contribution in [0.15, 0.2) is 42.5 Å². The molecular formula is C14H16N+. The summed E-state index contributed by atoms with van der Waals surface area (Å²) in [6.07, 6.45) is 0.141. The average molecular weight is 201 g/mol. The maximum atomic E-state index is 8.18. The molecule has 1 nitrogen and oxygen atoms in total. The average Bonchev–Trinajstić information content (AvgIpc) is 2.36. The van der Waals surface area contributed by atoms with Crippen molar-refractivity contribution in [2.75, 3.05) is 0 Å². The summed E-state index contributed by atoms with van der Waals surface area (Å²) in [5, 5.41) is 0. The largest absolute Gasteiger partial charge is 0.212 e. The fraction of sp³-hybridized carbons (Fsp3) is 0.214. The molecule has 0 aliphatic carbocycles. The maximum Gasteiger partial charge on any atom is 0.212 e. The molecule has 76 valence electrons. The normalized spacial score (nSPS) is 13.1. The predicted molar refractivity (Wildman–Crippen MR) is 62.5 cm³/mol. The van der Waals surface area contributed by atoms with E-state index < -0.39 is 0 Å². The highest BCUT2D eigenvalue weighted by molar-refractivity contribution is 5.61. The highest BCUT2D eigenvalue weighted by Crippen LogP contribution is 2.19. The molecule has 0 aliphatic heterocycles. The number of hydrogen-bond donors (Lipinski definition) is 0. The summed E-state index contributed by atoms with van der Waals surface area (Å²) in [4.78, 5) is 0. The highest BCUT2D eigenvalue weighted by Gasteiger charge is 2.10. The van der Waals surface area contributed by atoms with Gasteiger partial charge in [-0.3, -0.25) is 0 Å². The Labute approximate surface area is 95.2 Å². The Kier molecular flexibility index (Phi) is 1.74.